The lowest BCUT2D eigenvalue weighted by atomic mass is 10.2. The first-order valence-electron chi connectivity index (χ1n) is 8.76. The van der Waals surface area contributed by atoms with Gasteiger partial charge in [-0.05, 0) is 37.3 Å². The Morgan fingerprint density at radius 1 is 0.966 bits per heavy atom. The second-order valence-electron chi connectivity index (χ2n) is 6.26. The number of fused-ring (bicyclic) bond motifs is 2. The number of amides is 1. The molecule has 5 rings (SSSR count). The van der Waals surface area contributed by atoms with Gasteiger partial charge in [0.2, 0.25) is 25.4 Å². The Morgan fingerprint density at radius 2 is 1.66 bits per heavy atom. The van der Waals surface area contributed by atoms with Crippen molar-refractivity contribution in [3.05, 3.63) is 36.4 Å². The normalized spacial score (nSPS) is 14.7. The van der Waals surface area contributed by atoms with Crippen LogP contribution < -0.4 is 24.3 Å². The summed E-state index contributed by atoms with van der Waals surface area (Å²) in [5.41, 5.74) is 1.34. The third-order valence-electron chi connectivity index (χ3n) is 4.31. The van der Waals surface area contributed by atoms with E-state index in [4.69, 9.17) is 23.4 Å². The van der Waals surface area contributed by atoms with Crippen LogP contribution in [0.15, 0.2) is 46.0 Å². The Hall–Kier alpha value is -3.40. The summed E-state index contributed by atoms with van der Waals surface area (Å²) < 4.78 is 26.9. The zero-order chi connectivity index (χ0) is 19.8. The Balaban J connectivity index is 1.24. The van der Waals surface area contributed by atoms with Gasteiger partial charge in [-0.25, -0.2) is 0 Å². The second kappa shape index (κ2) is 7.21. The molecule has 3 heterocycles. The summed E-state index contributed by atoms with van der Waals surface area (Å²) in [5.74, 6) is 2.72. The van der Waals surface area contributed by atoms with Gasteiger partial charge in [0, 0.05) is 17.3 Å². The quantitative estimate of drug-likeness (QED) is 0.631. The highest BCUT2D eigenvalue weighted by atomic mass is 32.2. The third-order valence-corrected chi connectivity index (χ3v) is 5.25. The van der Waals surface area contributed by atoms with E-state index in [0.717, 1.165) is 0 Å². The standard InChI is InChI=1S/C19H15N3O6S/c1-10(17(23)20-12-3-5-14-16(7-12)27-9-25-14)29-19-22-21-18(28-19)11-2-4-13-15(6-11)26-8-24-13/h2-7,10H,8-9H2,1H3,(H,20,23)/t10-/m0/s1. The average Bonchev–Trinajstić information content (AvgIpc) is 3.47. The van der Waals surface area contributed by atoms with Gasteiger partial charge < -0.3 is 28.7 Å². The van der Waals surface area contributed by atoms with E-state index in [2.05, 4.69) is 15.5 Å². The molecule has 2 aliphatic heterocycles. The van der Waals surface area contributed by atoms with Crippen molar-refractivity contribution in [2.75, 3.05) is 18.9 Å². The summed E-state index contributed by atoms with van der Waals surface area (Å²) in [6.07, 6.45) is 0. The molecule has 2 aliphatic rings. The van der Waals surface area contributed by atoms with Crippen molar-refractivity contribution in [3.8, 4) is 34.5 Å². The highest BCUT2D eigenvalue weighted by Gasteiger charge is 2.21. The Kier molecular flexibility index (Phi) is 4.39. The maximum atomic E-state index is 12.5. The first-order valence-corrected chi connectivity index (χ1v) is 9.64. The predicted octanol–water partition coefficient (Wildman–Crippen LogP) is 3.31. The summed E-state index contributed by atoms with van der Waals surface area (Å²) in [7, 11) is 0. The van der Waals surface area contributed by atoms with Gasteiger partial charge in [0.05, 0.1) is 5.25 Å². The van der Waals surface area contributed by atoms with Gasteiger partial charge in [-0.1, -0.05) is 11.8 Å². The van der Waals surface area contributed by atoms with Crippen LogP contribution in [-0.2, 0) is 4.79 Å². The van der Waals surface area contributed by atoms with Crippen LogP contribution in [0.25, 0.3) is 11.5 Å². The third kappa shape index (κ3) is 3.54. The van der Waals surface area contributed by atoms with Crippen LogP contribution in [0.1, 0.15) is 6.92 Å². The number of hydrogen-bond acceptors (Lipinski definition) is 9. The number of aromatic nitrogens is 2. The van der Waals surface area contributed by atoms with E-state index in [9.17, 15) is 4.79 Å². The number of thioether (sulfide) groups is 1. The Bertz CT molecular complexity index is 1090. The molecular weight excluding hydrogens is 398 g/mol. The van der Waals surface area contributed by atoms with Crippen molar-refractivity contribution in [1.29, 1.82) is 0 Å². The van der Waals surface area contributed by atoms with Crippen molar-refractivity contribution in [3.63, 3.8) is 0 Å². The van der Waals surface area contributed by atoms with Gasteiger partial charge in [0.1, 0.15) is 0 Å². The number of nitrogens with one attached hydrogen (secondary N) is 1. The van der Waals surface area contributed by atoms with Crippen LogP contribution in [-0.4, -0.2) is 34.9 Å². The summed E-state index contributed by atoms with van der Waals surface area (Å²) in [4.78, 5) is 12.5. The molecule has 9 nitrogen and oxygen atoms in total. The fourth-order valence-corrected chi connectivity index (χ4v) is 3.51. The lowest BCUT2D eigenvalue weighted by molar-refractivity contribution is -0.115. The predicted molar refractivity (Wildman–Crippen MR) is 102 cm³/mol. The number of carbonyl (C=O) groups is 1. The first kappa shape index (κ1) is 17.7. The highest BCUT2D eigenvalue weighted by molar-refractivity contribution is 8.00. The number of benzene rings is 2. The average molecular weight is 413 g/mol. The van der Waals surface area contributed by atoms with Gasteiger partial charge in [-0.15, -0.1) is 10.2 Å². The van der Waals surface area contributed by atoms with E-state index in [0.29, 0.717) is 45.4 Å². The molecule has 0 unspecified atom stereocenters. The summed E-state index contributed by atoms with van der Waals surface area (Å²) in [6, 6.07) is 10.6. The zero-order valence-electron chi connectivity index (χ0n) is 15.2. The first-order chi connectivity index (χ1) is 14.2. The molecule has 0 radical (unpaired) electrons. The van der Waals surface area contributed by atoms with E-state index >= 15 is 0 Å². The van der Waals surface area contributed by atoms with E-state index in [1.54, 1.807) is 37.3 Å². The fraction of sp³-hybridized carbons (Fsp3) is 0.211. The summed E-state index contributed by atoms with van der Waals surface area (Å²) in [6.45, 7) is 2.14. The van der Waals surface area contributed by atoms with Gasteiger partial charge >= 0.3 is 0 Å². The molecule has 1 atom stereocenters. The molecule has 3 aromatic rings. The number of carbonyl (C=O) groups excluding carboxylic acids is 1. The Morgan fingerprint density at radius 3 is 2.45 bits per heavy atom. The molecule has 0 spiro atoms. The number of rotatable bonds is 5. The lowest BCUT2D eigenvalue weighted by Gasteiger charge is -2.10. The Labute approximate surface area is 169 Å². The number of ether oxygens (including phenoxy) is 4. The van der Waals surface area contributed by atoms with Gasteiger partial charge in [-0.2, -0.15) is 0 Å². The second-order valence-corrected chi connectivity index (χ2v) is 7.55. The topological polar surface area (TPSA) is 105 Å². The van der Waals surface area contributed by atoms with Crippen LogP contribution in [0, 0.1) is 0 Å². The molecule has 148 valence electrons. The van der Waals surface area contributed by atoms with E-state index in [1.807, 2.05) is 6.07 Å². The highest BCUT2D eigenvalue weighted by Crippen LogP contribution is 2.37. The summed E-state index contributed by atoms with van der Waals surface area (Å²) in [5, 5.41) is 10.8. The molecule has 0 saturated heterocycles. The molecule has 0 aliphatic carbocycles. The summed E-state index contributed by atoms with van der Waals surface area (Å²) >= 11 is 1.17. The lowest BCUT2D eigenvalue weighted by Crippen LogP contribution is -2.22. The SMILES string of the molecule is C[C@H](Sc1nnc(-c2ccc3c(c2)OCO3)o1)C(=O)Nc1ccc2c(c1)OCO2. The molecule has 0 bridgehead atoms. The van der Waals surface area contributed by atoms with E-state index in [1.165, 1.54) is 11.8 Å². The van der Waals surface area contributed by atoms with Crippen LogP contribution >= 0.6 is 11.8 Å². The van der Waals surface area contributed by atoms with Crippen molar-refractivity contribution in [2.24, 2.45) is 0 Å². The largest absolute Gasteiger partial charge is 0.454 e. The number of anilines is 1. The van der Waals surface area contributed by atoms with Crippen molar-refractivity contribution in [1.82, 2.24) is 10.2 Å². The maximum absolute atomic E-state index is 12.5. The molecule has 29 heavy (non-hydrogen) atoms. The minimum absolute atomic E-state index is 0.182. The van der Waals surface area contributed by atoms with Crippen LogP contribution in [0.4, 0.5) is 5.69 Å². The van der Waals surface area contributed by atoms with Gasteiger partial charge in [0.15, 0.2) is 23.0 Å². The number of hydrogen-bond donors (Lipinski definition) is 1. The molecule has 10 heteroatoms. The fourth-order valence-electron chi connectivity index (χ4n) is 2.83. The van der Waals surface area contributed by atoms with E-state index < -0.39 is 5.25 Å². The molecular formula is C19H15N3O6S. The van der Waals surface area contributed by atoms with Crippen LogP contribution in [0.5, 0.6) is 23.0 Å². The smallest absolute Gasteiger partial charge is 0.277 e. The minimum Gasteiger partial charge on any atom is -0.454 e. The van der Waals surface area contributed by atoms with Crippen molar-refractivity contribution < 1.29 is 28.2 Å². The van der Waals surface area contributed by atoms with E-state index in [-0.39, 0.29) is 19.5 Å². The van der Waals surface area contributed by atoms with Gasteiger partial charge in [0.25, 0.3) is 5.22 Å². The molecule has 1 N–H and O–H groups in total. The molecule has 1 aromatic heterocycles. The van der Waals surface area contributed by atoms with Crippen LogP contribution in [0.2, 0.25) is 0 Å². The monoisotopic (exact) mass is 413 g/mol. The molecule has 0 saturated carbocycles. The molecule has 2 aromatic carbocycles. The zero-order valence-corrected chi connectivity index (χ0v) is 16.0. The number of nitrogens with zero attached hydrogens (tertiary/aromatic N) is 2. The molecule has 1 amide bonds. The molecule has 0 fully saturated rings. The minimum atomic E-state index is -0.453. The van der Waals surface area contributed by atoms with Gasteiger partial charge in [-0.3, -0.25) is 4.79 Å². The van der Waals surface area contributed by atoms with Crippen LogP contribution in [0.3, 0.4) is 0 Å². The maximum Gasteiger partial charge on any atom is 0.277 e. The van der Waals surface area contributed by atoms with Crippen molar-refractivity contribution >= 4 is 23.4 Å². The van der Waals surface area contributed by atoms with Crippen molar-refractivity contribution in [2.45, 2.75) is 17.4 Å².